The summed E-state index contributed by atoms with van der Waals surface area (Å²) in [5, 5.41) is 0. The molecule has 1 aliphatic heterocycles. The summed E-state index contributed by atoms with van der Waals surface area (Å²) in [6.07, 6.45) is 1.83. The highest BCUT2D eigenvalue weighted by Crippen LogP contribution is 2.31. The van der Waals surface area contributed by atoms with Gasteiger partial charge < -0.3 is 10.6 Å². The van der Waals surface area contributed by atoms with E-state index in [1.54, 1.807) is 6.07 Å². The maximum atomic E-state index is 12.9. The Balaban J connectivity index is 1.50. The van der Waals surface area contributed by atoms with Gasteiger partial charge in [0, 0.05) is 41.8 Å². The molecule has 0 bridgehead atoms. The number of anilines is 2. The molecule has 3 aromatic rings. The summed E-state index contributed by atoms with van der Waals surface area (Å²) >= 11 is 0. The Hall–Kier alpha value is -3.42. The molecule has 0 radical (unpaired) electrons. The maximum absolute atomic E-state index is 12.9. The largest absolute Gasteiger partial charge is 0.416 e. The van der Waals surface area contributed by atoms with Crippen LogP contribution in [0.1, 0.15) is 40.9 Å². The number of benzene rings is 2. The first-order valence-electron chi connectivity index (χ1n) is 10.5. The van der Waals surface area contributed by atoms with Gasteiger partial charge in [0.15, 0.2) is 5.78 Å². The van der Waals surface area contributed by atoms with E-state index in [0.29, 0.717) is 28.2 Å². The lowest BCUT2D eigenvalue weighted by atomic mass is 10.0. The first-order valence-corrected chi connectivity index (χ1v) is 10.5. The van der Waals surface area contributed by atoms with Crippen LogP contribution in [0, 0.1) is 0 Å². The molecule has 1 fully saturated rings. The molecule has 0 amide bonds. The van der Waals surface area contributed by atoms with Crippen molar-refractivity contribution in [1.82, 2.24) is 9.97 Å². The van der Waals surface area contributed by atoms with E-state index in [-0.39, 0.29) is 12.2 Å². The minimum absolute atomic E-state index is 0.00350. The van der Waals surface area contributed by atoms with Gasteiger partial charge in [0.1, 0.15) is 0 Å². The van der Waals surface area contributed by atoms with Gasteiger partial charge >= 0.3 is 6.18 Å². The Morgan fingerprint density at radius 1 is 1.00 bits per heavy atom. The number of aromatic nitrogens is 2. The van der Waals surface area contributed by atoms with E-state index in [0.717, 1.165) is 43.8 Å². The number of nitrogens with two attached hydrogens (primary N) is 1. The molecule has 1 aromatic heterocycles. The first-order chi connectivity index (χ1) is 15.3. The monoisotopic (exact) mass is 440 g/mol. The summed E-state index contributed by atoms with van der Waals surface area (Å²) < 4.78 is 38.8. The lowest BCUT2D eigenvalue weighted by Crippen LogP contribution is -2.29. The van der Waals surface area contributed by atoms with Crippen molar-refractivity contribution in [2.75, 3.05) is 23.7 Å². The zero-order chi connectivity index (χ0) is 22.7. The smallest absolute Gasteiger partial charge is 0.398 e. The van der Waals surface area contributed by atoms with Crippen molar-refractivity contribution < 1.29 is 18.0 Å². The first kappa shape index (κ1) is 21.8. The highest BCUT2D eigenvalue weighted by atomic mass is 19.4. The number of ketones is 1. The van der Waals surface area contributed by atoms with Crippen LogP contribution in [-0.2, 0) is 12.6 Å². The Labute approximate surface area is 184 Å². The van der Waals surface area contributed by atoms with Crippen LogP contribution in [0.2, 0.25) is 0 Å². The van der Waals surface area contributed by atoms with Crippen LogP contribution in [0.4, 0.5) is 24.5 Å². The predicted molar refractivity (Wildman–Crippen MR) is 117 cm³/mol. The summed E-state index contributed by atoms with van der Waals surface area (Å²) in [6.45, 7) is 1.92. The van der Waals surface area contributed by atoms with Gasteiger partial charge in [-0.1, -0.05) is 12.1 Å². The molecule has 8 heteroatoms. The van der Waals surface area contributed by atoms with E-state index in [9.17, 15) is 18.0 Å². The number of nitrogens with zero attached hydrogens (tertiary/aromatic N) is 3. The summed E-state index contributed by atoms with van der Waals surface area (Å²) in [6, 6.07) is 10.4. The van der Waals surface area contributed by atoms with Crippen molar-refractivity contribution in [3.63, 3.8) is 0 Å². The summed E-state index contributed by atoms with van der Waals surface area (Å²) in [5.41, 5.74) is 8.17. The summed E-state index contributed by atoms with van der Waals surface area (Å²) in [5.74, 6) is -0.178. The van der Waals surface area contributed by atoms with Crippen LogP contribution >= 0.6 is 0 Å². The number of nitrogen functional groups attached to an aromatic ring is 1. The number of hydrogen-bond acceptors (Lipinski definition) is 5. The van der Waals surface area contributed by atoms with Crippen molar-refractivity contribution in [3.8, 4) is 11.3 Å². The maximum Gasteiger partial charge on any atom is 0.416 e. The molecule has 0 atom stereocenters. The van der Waals surface area contributed by atoms with Crippen LogP contribution < -0.4 is 10.6 Å². The second-order valence-electron chi connectivity index (χ2n) is 7.89. The van der Waals surface area contributed by atoms with E-state index < -0.39 is 11.7 Å². The molecule has 0 unspecified atom stereocenters. The molecule has 2 heterocycles. The Morgan fingerprint density at radius 3 is 2.47 bits per heavy atom. The molecule has 4 rings (SSSR count). The van der Waals surface area contributed by atoms with Gasteiger partial charge in [0.05, 0.1) is 29.6 Å². The van der Waals surface area contributed by atoms with E-state index in [2.05, 4.69) is 14.9 Å². The van der Waals surface area contributed by atoms with Crippen LogP contribution in [0.15, 0.2) is 54.9 Å². The third kappa shape index (κ3) is 4.90. The molecule has 1 saturated heterocycles. The molecular formula is C24H23F3N4O. The molecule has 0 spiro atoms. The van der Waals surface area contributed by atoms with E-state index >= 15 is 0 Å². The summed E-state index contributed by atoms with van der Waals surface area (Å²) in [4.78, 5) is 23.6. The van der Waals surface area contributed by atoms with Crippen LogP contribution in [0.25, 0.3) is 11.3 Å². The van der Waals surface area contributed by atoms with Crippen LogP contribution in [-0.4, -0.2) is 28.8 Å². The van der Waals surface area contributed by atoms with Crippen molar-refractivity contribution in [3.05, 3.63) is 71.7 Å². The number of piperidine rings is 1. The summed E-state index contributed by atoms with van der Waals surface area (Å²) in [7, 11) is 0. The standard InChI is InChI=1S/C24H23F3N4O/c25-24(26,27)17-6-4-5-16(11-17)22-15-29-18(14-30-22)12-23(32)20-13-19(7-8-21(20)28)31-9-2-1-3-10-31/h4-8,11,13-15H,1-3,9-10,12,28H2. The minimum Gasteiger partial charge on any atom is -0.398 e. The number of halogens is 3. The molecular weight excluding hydrogens is 417 g/mol. The number of rotatable bonds is 5. The molecule has 32 heavy (non-hydrogen) atoms. The van der Waals surface area contributed by atoms with Crippen molar-refractivity contribution in [2.45, 2.75) is 31.9 Å². The topological polar surface area (TPSA) is 72.1 Å². The minimum atomic E-state index is -4.43. The Kier molecular flexibility index (Phi) is 6.12. The van der Waals surface area contributed by atoms with Crippen LogP contribution in [0.5, 0.6) is 0 Å². The molecule has 2 N–H and O–H groups in total. The second-order valence-corrected chi connectivity index (χ2v) is 7.89. The lowest BCUT2D eigenvalue weighted by Gasteiger charge is -2.29. The SMILES string of the molecule is Nc1ccc(N2CCCCC2)cc1C(=O)Cc1cnc(-c2cccc(C(F)(F)F)c2)cn1. The van der Waals surface area contributed by atoms with Crippen molar-refractivity contribution in [1.29, 1.82) is 0 Å². The third-order valence-electron chi connectivity index (χ3n) is 5.59. The molecule has 166 valence electrons. The fraction of sp³-hybridized carbons (Fsp3) is 0.292. The van der Waals surface area contributed by atoms with Crippen molar-refractivity contribution >= 4 is 17.2 Å². The van der Waals surface area contributed by atoms with Gasteiger partial charge in [-0.05, 0) is 49.6 Å². The highest BCUT2D eigenvalue weighted by molar-refractivity contribution is 6.02. The fourth-order valence-electron chi connectivity index (χ4n) is 3.84. The molecule has 0 saturated carbocycles. The average molecular weight is 440 g/mol. The van der Waals surface area contributed by atoms with Gasteiger partial charge in [-0.3, -0.25) is 14.8 Å². The normalized spacial score (nSPS) is 14.4. The Bertz CT molecular complexity index is 1110. The number of Topliss-reactive ketones (excluding diaryl/α,β-unsaturated/α-hetero) is 1. The van der Waals surface area contributed by atoms with E-state index in [4.69, 9.17) is 5.73 Å². The van der Waals surface area contributed by atoms with Gasteiger partial charge in [-0.15, -0.1) is 0 Å². The van der Waals surface area contributed by atoms with Crippen LogP contribution in [0.3, 0.4) is 0 Å². The number of hydrogen-bond donors (Lipinski definition) is 1. The average Bonchev–Trinajstić information content (AvgIpc) is 2.80. The van der Waals surface area contributed by atoms with Crippen molar-refractivity contribution in [2.24, 2.45) is 0 Å². The zero-order valence-corrected chi connectivity index (χ0v) is 17.4. The molecule has 0 aliphatic carbocycles. The molecule has 1 aliphatic rings. The number of carbonyl (C=O) groups is 1. The molecule has 2 aromatic carbocycles. The van der Waals surface area contributed by atoms with Gasteiger partial charge in [0.2, 0.25) is 0 Å². The zero-order valence-electron chi connectivity index (χ0n) is 17.4. The predicted octanol–water partition coefficient (Wildman–Crippen LogP) is 5.16. The fourth-order valence-corrected chi connectivity index (χ4v) is 3.84. The Morgan fingerprint density at radius 2 is 1.78 bits per heavy atom. The lowest BCUT2D eigenvalue weighted by molar-refractivity contribution is -0.137. The second kappa shape index (κ2) is 8.98. The molecule has 5 nitrogen and oxygen atoms in total. The third-order valence-corrected chi connectivity index (χ3v) is 5.59. The number of alkyl halides is 3. The van der Waals surface area contributed by atoms with E-state index in [1.807, 2.05) is 12.1 Å². The van der Waals surface area contributed by atoms with E-state index in [1.165, 1.54) is 30.9 Å². The van der Waals surface area contributed by atoms with Gasteiger partial charge in [0.25, 0.3) is 0 Å². The number of carbonyl (C=O) groups excluding carboxylic acids is 1. The quantitative estimate of drug-likeness (QED) is 0.438. The van der Waals surface area contributed by atoms with Gasteiger partial charge in [-0.25, -0.2) is 0 Å². The van der Waals surface area contributed by atoms with Gasteiger partial charge in [-0.2, -0.15) is 13.2 Å². The highest BCUT2D eigenvalue weighted by Gasteiger charge is 2.30.